The maximum Gasteiger partial charge on any atom is 0.130 e. The summed E-state index contributed by atoms with van der Waals surface area (Å²) in [5, 5.41) is 2.35. The Morgan fingerprint density at radius 2 is 1.52 bits per heavy atom. The summed E-state index contributed by atoms with van der Waals surface area (Å²) in [5.74, 6) is 1.11. The lowest BCUT2D eigenvalue weighted by molar-refractivity contribution is -0.116. The van der Waals surface area contributed by atoms with E-state index in [2.05, 4.69) is 18.2 Å². The fourth-order valence-corrected chi connectivity index (χ4v) is 1.88. The normalized spacial score (nSPS) is 9.05. The number of methoxy groups -OCH3 is 1. The molecule has 0 fully saturated rings. The fraction of sp³-hybridized carbons (Fsp3) is 0.421. The van der Waals surface area contributed by atoms with Crippen molar-refractivity contribution in [3.05, 3.63) is 42.0 Å². The molecule has 0 saturated heterocycles. The Balaban J connectivity index is 0.000000921. The van der Waals surface area contributed by atoms with Gasteiger partial charge in [0, 0.05) is 6.42 Å². The Kier molecular flexibility index (Phi) is 9.95. The summed E-state index contributed by atoms with van der Waals surface area (Å²) in [6, 6.07) is 12.3. The Labute approximate surface area is 129 Å². The maximum absolute atomic E-state index is 10.9. The molecular weight excluding hydrogens is 260 g/mol. The van der Waals surface area contributed by atoms with Gasteiger partial charge < -0.3 is 9.53 Å². The minimum absolute atomic E-state index is 0.236. The van der Waals surface area contributed by atoms with Crippen molar-refractivity contribution in [3.8, 4) is 5.75 Å². The molecule has 21 heavy (non-hydrogen) atoms. The number of fused-ring (bicyclic) bond motifs is 1. The molecule has 0 unspecified atom stereocenters. The van der Waals surface area contributed by atoms with Crippen LogP contribution in [0.2, 0.25) is 0 Å². The molecule has 2 rings (SSSR count). The summed E-state index contributed by atoms with van der Waals surface area (Å²) in [6.45, 7) is 9.63. The summed E-state index contributed by atoms with van der Waals surface area (Å²) in [7, 11) is 1.67. The quantitative estimate of drug-likeness (QED) is 0.750. The van der Waals surface area contributed by atoms with Gasteiger partial charge >= 0.3 is 0 Å². The van der Waals surface area contributed by atoms with E-state index in [0.717, 1.165) is 17.6 Å². The van der Waals surface area contributed by atoms with Gasteiger partial charge in [-0.15, -0.1) is 0 Å². The van der Waals surface area contributed by atoms with Crippen molar-refractivity contribution in [1.82, 2.24) is 0 Å². The third-order valence-electron chi connectivity index (χ3n) is 2.88. The lowest BCUT2D eigenvalue weighted by Gasteiger charge is -2.05. The van der Waals surface area contributed by atoms with Crippen molar-refractivity contribution < 1.29 is 9.53 Å². The van der Waals surface area contributed by atoms with Gasteiger partial charge in [0.05, 0.1) is 7.11 Å². The fourth-order valence-electron chi connectivity index (χ4n) is 1.88. The van der Waals surface area contributed by atoms with Gasteiger partial charge in [-0.3, -0.25) is 0 Å². The van der Waals surface area contributed by atoms with E-state index in [1.54, 1.807) is 14.0 Å². The van der Waals surface area contributed by atoms with Crippen LogP contribution in [0, 0.1) is 0 Å². The first-order chi connectivity index (χ1) is 10.2. The van der Waals surface area contributed by atoms with Crippen LogP contribution in [0.1, 0.15) is 46.6 Å². The van der Waals surface area contributed by atoms with E-state index in [-0.39, 0.29) is 5.78 Å². The number of benzene rings is 2. The van der Waals surface area contributed by atoms with E-state index >= 15 is 0 Å². The second-order valence-corrected chi connectivity index (χ2v) is 4.25. The van der Waals surface area contributed by atoms with Crippen molar-refractivity contribution in [2.24, 2.45) is 0 Å². The largest absolute Gasteiger partial charge is 0.497 e. The zero-order valence-corrected chi connectivity index (χ0v) is 14.2. The predicted molar refractivity (Wildman–Crippen MR) is 92.2 cm³/mol. The molecule has 0 aromatic heterocycles. The van der Waals surface area contributed by atoms with Gasteiger partial charge in [-0.05, 0) is 41.8 Å². The lowest BCUT2D eigenvalue weighted by atomic mass is 10.0. The van der Waals surface area contributed by atoms with Crippen LogP contribution in [0.4, 0.5) is 0 Å². The highest BCUT2D eigenvalue weighted by Crippen LogP contribution is 2.22. The number of hydrogen-bond acceptors (Lipinski definition) is 2. The Morgan fingerprint density at radius 1 is 0.952 bits per heavy atom. The summed E-state index contributed by atoms with van der Waals surface area (Å²) in [5.41, 5.74) is 1.21. The van der Waals surface area contributed by atoms with Gasteiger partial charge in [-0.25, -0.2) is 0 Å². The van der Waals surface area contributed by atoms with Crippen molar-refractivity contribution in [2.45, 2.75) is 47.5 Å². The second-order valence-electron chi connectivity index (χ2n) is 4.25. The van der Waals surface area contributed by atoms with E-state index in [9.17, 15) is 4.79 Å². The van der Waals surface area contributed by atoms with Gasteiger partial charge in [0.25, 0.3) is 0 Å². The van der Waals surface area contributed by atoms with Gasteiger partial charge in [0.1, 0.15) is 11.5 Å². The molecule has 2 heteroatoms. The van der Waals surface area contributed by atoms with Crippen LogP contribution in [0.3, 0.4) is 0 Å². The zero-order valence-electron chi connectivity index (χ0n) is 14.2. The van der Waals surface area contributed by atoms with E-state index in [1.807, 2.05) is 45.9 Å². The number of rotatable bonds is 4. The van der Waals surface area contributed by atoms with Crippen LogP contribution in [-0.2, 0) is 11.2 Å². The third kappa shape index (κ3) is 6.44. The molecule has 2 nitrogen and oxygen atoms in total. The minimum atomic E-state index is 0.236. The number of Topliss-reactive ketones (excluding diaryl/α,β-unsaturated/α-hetero) is 1. The van der Waals surface area contributed by atoms with Gasteiger partial charge in [0.15, 0.2) is 0 Å². The number of hydrogen-bond donors (Lipinski definition) is 0. The molecular formula is C19H28O2. The third-order valence-corrected chi connectivity index (χ3v) is 2.88. The molecule has 0 heterocycles. The molecule has 0 aliphatic heterocycles. The molecule has 0 bridgehead atoms. The second kappa shape index (κ2) is 10.9. The van der Waals surface area contributed by atoms with Gasteiger partial charge in [0.2, 0.25) is 0 Å². The van der Waals surface area contributed by atoms with Crippen molar-refractivity contribution >= 4 is 16.6 Å². The molecule has 2 aromatic rings. The highest BCUT2D eigenvalue weighted by Gasteiger charge is 2.00. The minimum Gasteiger partial charge on any atom is -0.497 e. The predicted octanol–water partition coefficient (Wildman–Crippen LogP) is 5.42. The summed E-state index contributed by atoms with van der Waals surface area (Å²) in [4.78, 5) is 10.9. The number of carbonyl (C=O) groups excluding carboxylic acids is 1. The molecule has 0 aliphatic rings. The Bertz CT molecular complexity index is 544. The van der Waals surface area contributed by atoms with Gasteiger partial charge in [-0.2, -0.15) is 0 Å². The SMILES string of the molecule is CC.CC.COc1ccc2cc(CCC(C)=O)ccc2c1. The molecule has 116 valence electrons. The topological polar surface area (TPSA) is 26.3 Å². The van der Waals surface area contributed by atoms with E-state index in [1.165, 1.54) is 10.9 Å². The molecule has 0 N–H and O–H groups in total. The van der Waals surface area contributed by atoms with Crippen LogP contribution >= 0.6 is 0 Å². The summed E-state index contributed by atoms with van der Waals surface area (Å²) >= 11 is 0. The number of carbonyl (C=O) groups is 1. The van der Waals surface area contributed by atoms with E-state index in [4.69, 9.17) is 4.74 Å². The highest BCUT2D eigenvalue weighted by atomic mass is 16.5. The molecule has 0 radical (unpaired) electrons. The van der Waals surface area contributed by atoms with Crippen LogP contribution in [0.5, 0.6) is 5.75 Å². The van der Waals surface area contributed by atoms with Crippen LogP contribution in [-0.4, -0.2) is 12.9 Å². The first kappa shape index (κ1) is 19.2. The van der Waals surface area contributed by atoms with Crippen molar-refractivity contribution in [1.29, 1.82) is 0 Å². The van der Waals surface area contributed by atoms with Crippen molar-refractivity contribution in [2.75, 3.05) is 7.11 Å². The maximum atomic E-state index is 10.9. The van der Waals surface area contributed by atoms with Crippen molar-refractivity contribution in [3.63, 3.8) is 0 Å². The Morgan fingerprint density at radius 3 is 2.10 bits per heavy atom. The molecule has 0 atom stereocenters. The van der Waals surface area contributed by atoms with Crippen LogP contribution in [0.25, 0.3) is 10.8 Å². The average Bonchev–Trinajstić information content (AvgIpc) is 2.56. The van der Waals surface area contributed by atoms with Gasteiger partial charge in [-0.1, -0.05) is 52.0 Å². The molecule has 2 aromatic carbocycles. The smallest absolute Gasteiger partial charge is 0.130 e. The molecule has 0 saturated carbocycles. The highest BCUT2D eigenvalue weighted by molar-refractivity contribution is 5.84. The van der Waals surface area contributed by atoms with Crippen LogP contribution in [0.15, 0.2) is 36.4 Å². The monoisotopic (exact) mass is 288 g/mol. The molecule has 0 amide bonds. The number of ether oxygens (including phenoxy) is 1. The Hall–Kier alpha value is -1.83. The lowest BCUT2D eigenvalue weighted by Crippen LogP contribution is -1.93. The average molecular weight is 288 g/mol. The number of ketones is 1. The summed E-state index contributed by atoms with van der Waals surface area (Å²) < 4.78 is 5.19. The molecule has 0 spiro atoms. The first-order valence-electron chi connectivity index (χ1n) is 7.75. The first-order valence-corrected chi connectivity index (χ1v) is 7.75. The van der Waals surface area contributed by atoms with E-state index < -0.39 is 0 Å². The summed E-state index contributed by atoms with van der Waals surface area (Å²) in [6.07, 6.45) is 1.43. The van der Waals surface area contributed by atoms with E-state index in [0.29, 0.717) is 6.42 Å². The van der Waals surface area contributed by atoms with Crippen LogP contribution < -0.4 is 4.74 Å². The zero-order chi connectivity index (χ0) is 16.3. The number of aryl methyl sites for hydroxylation is 1. The standard InChI is InChI=1S/C15H16O2.2C2H6/c1-11(16)3-4-12-5-6-14-10-15(17-2)8-7-13(14)9-12;2*1-2/h5-10H,3-4H2,1-2H3;2*1-2H3. The molecule has 0 aliphatic carbocycles.